The Bertz CT molecular complexity index is 638. The largest absolute Gasteiger partial charge is 0.468 e. The van der Waals surface area contributed by atoms with Crippen molar-refractivity contribution in [1.29, 1.82) is 0 Å². The lowest BCUT2D eigenvalue weighted by Crippen LogP contribution is -2.24. The number of benzene rings is 1. The molecule has 0 saturated carbocycles. The van der Waals surface area contributed by atoms with E-state index < -0.39 is 10.0 Å². The van der Waals surface area contributed by atoms with Gasteiger partial charge >= 0.3 is 0 Å². The fourth-order valence-corrected chi connectivity index (χ4v) is 3.06. The Balaban J connectivity index is 2.22. The molecule has 5 nitrogen and oxygen atoms in total. The average Bonchev–Trinajstić information content (AvgIpc) is 2.83. The minimum Gasteiger partial charge on any atom is -0.468 e. The highest BCUT2D eigenvalue weighted by molar-refractivity contribution is 9.10. The average molecular weight is 331 g/mol. The van der Waals surface area contributed by atoms with Gasteiger partial charge in [-0.1, -0.05) is 15.9 Å². The zero-order valence-corrected chi connectivity index (χ0v) is 11.7. The summed E-state index contributed by atoms with van der Waals surface area (Å²) >= 11 is 3.21. The number of rotatable bonds is 4. The van der Waals surface area contributed by atoms with Crippen molar-refractivity contribution in [3.63, 3.8) is 0 Å². The van der Waals surface area contributed by atoms with Gasteiger partial charge < -0.3 is 10.2 Å². The summed E-state index contributed by atoms with van der Waals surface area (Å²) in [6, 6.07) is 8.05. The van der Waals surface area contributed by atoms with Gasteiger partial charge in [0, 0.05) is 4.47 Å². The van der Waals surface area contributed by atoms with Gasteiger partial charge in [0.1, 0.15) is 10.7 Å². The second-order valence-electron chi connectivity index (χ2n) is 3.59. The molecule has 0 bridgehead atoms. The Kier molecular flexibility index (Phi) is 3.74. The number of hydrogen-bond donors (Lipinski definition) is 2. The van der Waals surface area contributed by atoms with Crippen LogP contribution in [0.4, 0.5) is 5.69 Å². The van der Waals surface area contributed by atoms with E-state index in [4.69, 9.17) is 10.2 Å². The van der Waals surface area contributed by atoms with Gasteiger partial charge in [-0.15, -0.1) is 0 Å². The molecule has 1 heterocycles. The highest BCUT2D eigenvalue weighted by Crippen LogP contribution is 2.22. The van der Waals surface area contributed by atoms with Crippen LogP contribution in [0.25, 0.3) is 0 Å². The number of halogens is 1. The van der Waals surface area contributed by atoms with Crippen LogP contribution < -0.4 is 10.5 Å². The van der Waals surface area contributed by atoms with Crippen LogP contribution in [0.15, 0.2) is 50.4 Å². The molecule has 0 radical (unpaired) electrons. The van der Waals surface area contributed by atoms with E-state index in [1.165, 1.54) is 18.4 Å². The molecule has 0 saturated heterocycles. The lowest BCUT2D eigenvalue weighted by molar-refractivity contribution is 0.498. The van der Waals surface area contributed by atoms with E-state index in [1.54, 1.807) is 18.2 Å². The molecule has 1 aromatic carbocycles. The maximum absolute atomic E-state index is 12.0. The van der Waals surface area contributed by atoms with Gasteiger partial charge in [-0.3, -0.25) is 0 Å². The predicted molar refractivity (Wildman–Crippen MR) is 71.3 cm³/mol. The Morgan fingerprint density at radius 3 is 2.78 bits per heavy atom. The van der Waals surface area contributed by atoms with Crippen LogP contribution >= 0.6 is 15.9 Å². The summed E-state index contributed by atoms with van der Waals surface area (Å²) in [5, 5.41) is 0. The molecule has 96 valence electrons. The second kappa shape index (κ2) is 5.13. The topological polar surface area (TPSA) is 85.3 Å². The molecule has 7 heteroatoms. The van der Waals surface area contributed by atoms with E-state index in [2.05, 4.69) is 20.7 Å². The molecule has 0 spiro atoms. The van der Waals surface area contributed by atoms with Crippen molar-refractivity contribution in [2.75, 3.05) is 5.73 Å². The van der Waals surface area contributed by atoms with Crippen molar-refractivity contribution < 1.29 is 12.8 Å². The molecular weight excluding hydrogens is 320 g/mol. The molecule has 0 aliphatic carbocycles. The van der Waals surface area contributed by atoms with E-state index in [1.807, 2.05) is 0 Å². The van der Waals surface area contributed by atoms with Gasteiger partial charge in [0.2, 0.25) is 10.0 Å². The van der Waals surface area contributed by atoms with Gasteiger partial charge in [-0.05, 0) is 30.3 Å². The molecule has 0 aliphatic rings. The summed E-state index contributed by atoms with van der Waals surface area (Å²) in [7, 11) is -3.65. The van der Waals surface area contributed by atoms with E-state index in [0.717, 1.165) is 0 Å². The quantitative estimate of drug-likeness (QED) is 0.840. The number of nitrogen functional groups attached to an aromatic ring is 1. The molecule has 2 aromatic rings. The predicted octanol–water partition coefficient (Wildman–Crippen LogP) is 2.10. The van der Waals surface area contributed by atoms with Crippen LogP contribution in [0.3, 0.4) is 0 Å². The van der Waals surface area contributed by atoms with Crippen molar-refractivity contribution in [3.8, 4) is 0 Å². The second-order valence-corrected chi connectivity index (χ2v) is 6.24. The Morgan fingerprint density at radius 1 is 1.33 bits per heavy atom. The molecule has 0 atom stereocenters. The third kappa shape index (κ3) is 2.92. The third-order valence-corrected chi connectivity index (χ3v) is 4.23. The number of furan rings is 1. The first kappa shape index (κ1) is 13.1. The molecule has 0 unspecified atom stereocenters. The van der Waals surface area contributed by atoms with E-state index in [-0.39, 0.29) is 17.1 Å². The third-order valence-electron chi connectivity index (χ3n) is 2.28. The van der Waals surface area contributed by atoms with Crippen LogP contribution in [0.2, 0.25) is 0 Å². The molecule has 0 aliphatic heterocycles. The number of hydrogen-bond acceptors (Lipinski definition) is 4. The molecule has 0 fully saturated rings. The molecule has 1 aromatic heterocycles. The minimum absolute atomic E-state index is 0.0448. The van der Waals surface area contributed by atoms with Gasteiger partial charge in [0.15, 0.2) is 0 Å². The van der Waals surface area contributed by atoms with Crippen molar-refractivity contribution in [2.45, 2.75) is 11.4 Å². The molecule has 3 N–H and O–H groups in total. The van der Waals surface area contributed by atoms with Gasteiger partial charge in [0.05, 0.1) is 18.5 Å². The number of sulfonamides is 1. The smallest absolute Gasteiger partial charge is 0.243 e. The number of anilines is 1. The SMILES string of the molecule is Nc1ccc(Br)cc1S(=O)(=O)NCc1ccco1. The lowest BCUT2D eigenvalue weighted by Gasteiger charge is -2.08. The van der Waals surface area contributed by atoms with Crippen molar-refractivity contribution in [3.05, 3.63) is 46.8 Å². The first-order chi connectivity index (χ1) is 8.49. The zero-order valence-electron chi connectivity index (χ0n) is 9.26. The van der Waals surface area contributed by atoms with Gasteiger partial charge in [0.25, 0.3) is 0 Å². The number of nitrogens with one attached hydrogen (secondary N) is 1. The summed E-state index contributed by atoms with van der Waals surface area (Å²) in [5.41, 5.74) is 5.86. The minimum atomic E-state index is -3.65. The van der Waals surface area contributed by atoms with Crippen LogP contribution in [0.5, 0.6) is 0 Å². The summed E-state index contributed by atoms with van der Waals surface area (Å²) in [6.07, 6.45) is 1.48. The first-order valence-corrected chi connectivity index (χ1v) is 7.34. The molecular formula is C11H11BrN2O3S. The molecule has 18 heavy (non-hydrogen) atoms. The van der Waals surface area contributed by atoms with Crippen LogP contribution in [-0.4, -0.2) is 8.42 Å². The Morgan fingerprint density at radius 2 is 2.11 bits per heavy atom. The van der Waals surface area contributed by atoms with Crippen LogP contribution in [0, 0.1) is 0 Å². The normalized spacial score (nSPS) is 11.6. The highest BCUT2D eigenvalue weighted by Gasteiger charge is 2.17. The summed E-state index contributed by atoms with van der Waals surface area (Å²) < 4.78 is 32.2. The summed E-state index contributed by atoms with van der Waals surface area (Å²) in [4.78, 5) is 0.0448. The van der Waals surface area contributed by atoms with E-state index >= 15 is 0 Å². The highest BCUT2D eigenvalue weighted by atomic mass is 79.9. The van der Waals surface area contributed by atoms with Crippen molar-refractivity contribution >= 4 is 31.6 Å². The lowest BCUT2D eigenvalue weighted by atomic mass is 10.3. The summed E-state index contributed by atoms with van der Waals surface area (Å²) in [6.45, 7) is 0.0846. The van der Waals surface area contributed by atoms with E-state index in [9.17, 15) is 8.42 Å². The van der Waals surface area contributed by atoms with Crippen LogP contribution in [0.1, 0.15) is 5.76 Å². The standard InChI is InChI=1S/C11H11BrN2O3S/c12-8-3-4-10(13)11(6-8)18(15,16)14-7-9-2-1-5-17-9/h1-6,14H,7,13H2. The number of nitrogens with two attached hydrogens (primary N) is 1. The van der Waals surface area contributed by atoms with Gasteiger partial charge in [-0.2, -0.15) is 0 Å². The zero-order chi connectivity index (χ0) is 13.2. The van der Waals surface area contributed by atoms with Crippen molar-refractivity contribution in [1.82, 2.24) is 4.72 Å². The van der Waals surface area contributed by atoms with E-state index in [0.29, 0.717) is 10.2 Å². The fraction of sp³-hybridized carbons (Fsp3) is 0.0909. The Hall–Kier alpha value is -1.31. The Labute approximate surface area is 113 Å². The monoisotopic (exact) mass is 330 g/mol. The van der Waals surface area contributed by atoms with Crippen LogP contribution in [-0.2, 0) is 16.6 Å². The molecule has 0 amide bonds. The van der Waals surface area contributed by atoms with Gasteiger partial charge in [-0.25, -0.2) is 13.1 Å². The maximum atomic E-state index is 12.0. The maximum Gasteiger partial charge on any atom is 0.243 e. The fourth-order valence-electron chi connectivity index (χ4n) is 1.40. The molecule has 2 rings (SSSR count). The summed E-state index contributed by atoms with van der Waals surface area (Å²) in [5.74, 6) is 0.534. The first-order valence-electron chi connectivity index (χ1n) is 5.06. The van der Waals surface area contributed by atoms with Crippen molar-refractivity contribution in [2.24, 2.45) is 0 Å².